The van der Waals surface area contributed by atoms with Crippen molar-refractivity contribution in [2.75, 3.05) is 13.2 Å². The average molecular weight is 441 g/mol. The zero-order chi connectivity index (χ0) is 22.3. The maximum Gasteiger partial charge on any atom is 0.160 e. The first-order chi connectivity index (χ1) is 15.6. The van der Waals surface area contributed by atoms with Gasteiger partial charge in [-0.25, -0.2) is 8.78 Å². The van der Waals surface area contributed by atoms with E-state index >= 15 is 0 Å². The monoisotopic (exact) mass is 440 g/mol. The third kappa shape index (κ3) is 6.05. The second-order valence-corrected chi connectivity index (χ2v) is 9.41. The van der Waals surface area contributed by atoms with Crippen LogP contribution in [0, 0.1) is 29.4 Å². The van der Waals surface area contributed by atoms with Crippen LogP contribution in [0.1, 0.15) is 50.5 Å². The molecule has 2 fully saturated rings. The number of rotatable bonds is 8. The minimum atomic E-state index is -0.811. The van der Waals surface area contributed by atoms with E-state index in [4.69, 9.17) is 9.47 Å². The highest BCUT2D eigenvalue weighted by atomic mass is 19.2. The third-order valence-electron chi connectivity index (χ3n) is 7.10. The summed E-state index contributed by atoms with van der Waals surface area (Å²) in [6.45, 7) is 5.43. The molecule has 1 heterocycles. The van der Waals surface area contributed by atoms with Gasteiger partial charge in [0.2, 0.25) is 0 Å². The lowest BCUT2D eigenvalue weighted by atomic mass is 9.79. The van der Waals surface area contributed by atoms with Crippen LogP contribution in [-0.2, 0) is 15.9 Å². The van der Waals surface area contributed by atoms with Crippen molar-refractivity contribution in [3.8, 4) is 11.1 Å². The fourth-order valence-corrected chi connectivity index (χ4v) is 5.01. The maximum absolute atomic E-state index is 13.5. The molecule has 0 aromatic heterocycles. The molecule has 4 rings (SSSR count). The lowest BCUT2D eigenvalue weighted by Crippen LogP contribution is -2.38. The Bertz CT molecular complexity index is 864. The van der Waals surface area contributed by atoms with E-state index < -0.39 is 11.6 Å². The van der Waals surface area contributed by atoms with Crippen LogP contribution in [0.5, 0.6) is 0 Å². The Morgan fingerprint density at radius 2 is 1.50 bits per heavy atom. The van der Waals surface area contributed by atoms with Gasteiger partial charge in [0.25, 0.3) is 0 Å². The molecule has 2 aliphatic rings. The molecule has 0 radical (unpaired) electrons. The summed E-state index contributed by atoms with van der Waals surface area (Å²) in [5, 5.41) is 0. The molecule has 4 heteroatoms. The molecule has 0 amide bonds. The predicted octanol–water partition coefficient (Wildman–Crippen LogP) is 7.33. The van der Waals surface area contributed by atoms with E-state index in [1.807, 2.05) is 18.2 Å². The normalized spacial score (nSPS) is 26.1. The zero-order valence-electron chi connectivity index (χ0n) is 18.8. The fraction of sp³-hybridized carbons (Fsp3) is 0.500. The van der Waals surface area contributed by atoms with Gasteiger partial charge in [0, 0.05) is 11.8 Å². The van der Waals surface area contributed by atoms with Crippen molar-refractivity contribution in [2.45, 2.75) is 57.7 Å². The first kappa shape index (κ1) is 23.1. The lowest BCUT2D eigenvalue weighted by molar-refractivity contribution is -0.229. The van der Waals surface area contributed by atoms with Gasteiger partial charge < -0.3 is 9.47 Å². The molecule has 1 saturated carbocycles. The van der Waals surface area contributed by atoms with Gasteiger partial charge in [-0.05, 0) is 86.1 Å². The number of hydrogen-bond acceptors (Lipinski definition) is 2. The molecule has 0 spiro atoms. The number of allylic oxidation sites excluding steroid dienone is 1. The van der Waals surface area contributed by atoms with Gasteiger partial charge in [0.1, 0.15) is 0 Å². The Hall–Kier alpha value is -2.04. The fourth-order valence-electron chi connectivity index (χ4n) is 5.01. The number of halogens is 2. The molecule has 2 aromatic rings. The van der Waals surface area contributed by atoms with Gasteiger partial charge in [-0.3, -0.25) is 0 Å². The van der Waals surface area contributed by atoms with Crippen LogP contribution < -0.4 is 0 Å². The van der Waals surface area contributed by atoms with Gasteiger partial charge in [-0.2, -0.15) is 0 Å². The van der Waals surface area contributed by atoms with E-state index in [1.165, 1.54) is 49.8 Å². The van der Waals surface area contributed by atoms with Crippen molar-refractivity contribution in [2.24, 2.45) is 17.8 Å². The summed E-state index contributed by atoms with van der Waals surface area (Å²) in [6, 6.07) is 12.3. The van der Waals surface area contributed by atoms with Crippen molar-refractivity contribution in [3.63, 3.8) is 0 Å². The van der Waals surface area contributed by atoms with Crippen molar-refractivity contribution < 1.29 is 18.3 Å². The Morgan fingerprint density at radius 1 is 0.812 bits per heavy atom. The van der Waals surface area contributed by atoms with Crippen LogP contribution in [0.15, 0.2) is 55.1 Å². The minimum absolute atomic E-state index is 0.0141. The Balaban J connectivity index is 1.19. The van der Waals surface area contributed by atoms with Gasteiger partial charge in [0.05, 0.1) is 13.2 Å². The molecule has 0 atom stereocenters. The molecule has 1 saturated heterocycles. The van der Waals surface area contributed by atoms with E-state index in [0.29, 0.717) is 17.4 Å². The van der Waals surface area contributed by atoms with Crippen molar-refractivity contribution in [3.05, 3.63) is 72.3 Å². The third-order valence-corrected chi connectivity index (χ3v) is 7.10. The zero-order valence-corrected chi connectivity index (χ0v) is 18.8. The summed E-state index contributed by atoms with van der Waals surface area (Å²) in [7, 11) is 0. The quantitative estimate of drug-likeness (QED) is 0.400. The average Bonchev–Trinajstić information content (AvgIpc) is 2.84. The molecular formula is C28H34F2O2. The smallest absolute Gasteiger partial charge is 0.160 e. The van der Waals surface area contributed by atoms with E-state index in [0.717, 1.165) is 44.0 Å². The van der Waals surface area contributed by atoms with Crippen LogP contribution in [0.2, 0.25) is 0 Å². The Morgan fingerprint density at radius 3 is 2.16 bits per heavy atom. The molecule has 1 aliphatic heterocycles. The van der Waals surface area contributed by atoms with E-state index in [1.54, 1.807) is 6.07 Å². The molecule has 172 valence electrons. The number of aryl methyl sites for hydroxylation is 1. The molecule has 32 heavy (non-hydrogen) atoms. The molecule has 0 unspecified atom stereocenters. The molecule has 0 N–H and O–H groups in total. The van der Waals surface area contributed by atoms with E-state index in [2.05, 4.69) is 18.7 Å². The van der Waals surface area contributed by atoms with Gasteiger partial charge in [0.15, 0.2) is 17.9 Å². The number of benzene rings is 2. The predicted molar refractivity (Wildman–Crippen MR) is 124 cm³/mol. The second kappa shape index (κ2) is 11.2. The highest BCUT2D eigenvalue weighted by Crippen LogP contribution is 2.36. The van der Waals surface area contributed by atoms with Crippen LogP contribution in [0.25, 0.3) is 11.1 Å². The summed E-state index contributed by atoms with van der Waals surface area (Å²) < 4.78 is 38.7. The van der Waals surface area contributed by atoms with E-state index in [9.17, 15) is 8.78 Å². The molecule has 2 aromatic carbocycles. The van der Waals surface area contributed by atoms with Crippen molar-refractivity contribution in [1.29, 1.82) is 0 Å². The lowest BCUT2D eigenvalue weighted by Gasteiger charge is -2.37. The van der Waals surface area contributed by atoms with Gasteiger partial charge >= 0.3 is 0 Å². The molecule has 2 nitrogen and oxygen atoms in total. The van der Waals surface area contributed by atoms with E-state index in [-0.39, 0.29) is 6.29 Å². The van der Waals surface area contributed by atoms with Crippen LogP contribution >= 0.6 is 0 Å². The van der Waals surface area contributed by atoms with Crippen LogP contribution in [0.3, 0.4) is 0 Å². The summed E-state index contributed by atoms with van der Waals surface area (Å²) in [4.78, 5) is 0. The highest BCUT2D eigenvalue weighted by Gasteiger charge is 2.32. The summed E-state index contributed by atoms with van der Waals surface area (Å²) in [6.07, 6.45) is 11.2. The summed E-state index contributed by atoms with van der Waals surface area (Å²) in [5.74, 6) is 0.172. The summed E-state index contributed by atoms with van der Waals surface area (Å²) >= 11 is 0. The maximum atomic E-state index is 13.5. The SMILES string of the molecule is C=CCC[C@H]1CO[C@H](C2CCC(CCc3ccc(-c4ccc(F)c(F)c4)cc3)CC2)OC1. The highest BCUT2D eigenvalue weighted by molar-refractivity contribution is 5.63. The standard InChI is InChI=1S/C28H34F2O2/c1-2-3-4-22-18-31-28(32-19-22)24-13-9-21(10-14-24)6-5-20-7-11-23(12-8-20)25-15-16-26(29)27(30)17-25/h2,7-8,11-12,15-17,21-22,24,28H,1,3-6,9-10,13-14,18-19H2/t21?,22-,24?,28-. The van der Waals surface area contributed by atoms with Crippen molar-refractivity contribution in [1.82, 2.24) is 0 Å². The topological polar surface area (TPSA) is 18.5 Å². The Labute approximate surface area is 190 Å². The first-order valence-electron chi connectivity index (χ1n) is 12.0. The second-order valence-electron chi connectivity index (χ2n) is 9.41. The van der Waals surface area contributed by atoms with Crippen molar-refractivity contribution >= 4 is 0 Å². The minimum Gasteiger partial charge on any atom is -0.352 e. The number of ether oxygens (including phenoxy) is 2. The van der Waals surface area contributed by atoms with Gasteiger partial charge in [-0.1, -0.05) is 36.4 Å². The number of hydrogen-bond donors (Lipinski definition) is 0. The van der Waals surface area contributed by atoms with Crippen LogP contribution in [-0.4, -0.2) is 19.5 Å². The molecule has 1 aliphatic carbocycles. The molecular weight excluding hydrogens is 406 g/mol. The summed E-state index contributed by atoms with van der Waals surface area (Å²) in [5.41, 5.74) is 2.91. The first-order valence-corrected chi connectivity index (χ1v) is 12.0. The van der Waals surface area contributed by atoms with Gasteiger partial charge in [-0.15, -0.1) is 6.58 Å². The van der Waals surface area contributed by atoms with Crippen LogP contribution in [0.4, 0.5) is 8.78 Å². The Kier molecular flexibility index (Phi) is 8.10. The largest absolute Gasteiger partial charge is 0.352 e. The molecule has 0 bridgehead atoms.